The molecule has 0 aliphatic carbocycles. The molecule has 1 aromatic rings. The molecule has 0 saturated carbocycles. The fraction of sp³-hybridized carbons (Fsp3) is 0.647. The molecule has 3 heteroatoms. The average molecular weight is 276 g/mol. The lowest BCUT2D eigenvalue weighted by Gasteiger charge is -2.40. The molecule has 2 bridgehead atoms. The Labute approximate surface area is 121 Å². The number of fused-ring (bicyclic) bond motifs is 2. The van der Waals surface area contributed by atoms with E-state index in [-0.39, 0.29) is 11.9 Å². The normalized spacial score (nSPS) is 31.5. The zero-order chi connectivity index (χ0) is 14.3. The third-order valence-corrected chi connectivity index (χ3v) is 5.40. The van der Waals surface area contributed by atoms with Crippen LogP contribution in [-0.2, 0) is 0 Å². The molecule has 0 amide bonds. The van der Waals surface area contributed by atoms with Crippen LogP contribution in [0, 0.1) is 18.7 Å². The molecule has 2 aliphatic heterocycles. The SMILES string of the molecule is CNC(c1cc(C)ccc1F)C1CC2CCC(C1)N2C. The van der Waals surface area contributed by atoms with Crippen LogP contribution in [0.25, 0.3) is 0 Å². The molecule has 1 aromatic carbocycles. The predicted octanol–water partition coefficient (Wildman–Crippen LogP) is 3.27. The molecule has 3 rings (SSSR count). The maximum atomic E-state index is 14.2. The van der Waals surface area contributed by atoms with Crippen LogP contribution in [0.5, 0.6) is 0 Å². The van der Waals surface area contributed by atoms with E-state index < -0.39 is 0 Å². The van der Waals surface area contributed by atoms with E-state index in [1.807, 2.05) is 26.1 Å². The second kappa shape index (κ2) is 5.45. The Bertz CT molecular complexity index is 474. The van der Waals surface area contributed by atoms with Crippen LogP contribution in [0.15, 0.2) is 18.2 Å². The molecule has 2 fully saturated rings. The summed E-state index contributed by atoms with van der Waals surface area (Å²) in [5.74, 6) is 0.478. The number of nitrogens with zero attached hydrogens (tertiary/aromatic N) is 1. The topological polar surface area (TPSA) is 15.3 Å². The highest BCUT2D eigenvalue weighted by Crippen LogP contribution is 2.42. The predicted molar refractivity (Wildman–Crippen MR) is 80.2 cm³/mol. The van der Waals surface area contributed by atoms with Gasteiger partial charge in [0.1, 0.15) is 5.82 Å². The Balaban J connectivity index is 1.85. The second-order valence-electron chi connectivity index (χ2n) is 6.57. The van der Waals surface area contributed by atoms with Gasteiger partial charge in [-0.1, -0.05) is 17.7 Å². The van der Waals surface area contributed by atoms with Crippen LogP contribution < -0.4 is 5.32 Å². The first-order valence-electron chi connectivity index (χ1n) is 7.75. The van der Waals surface area contributed by atoms with Gasteiger partial charge in [0.2, 0.25) is 0 Å². The van der Waals surface area contributed by atoms with Crippen molar-refractivity contribution >= 4 is 0 Å². The van der Waals surface area contributed by atoms with Crippen LogP contribution in [-0.4, -0.2) is 31.1 Å². The largest absolute Gasteiger partial charge is 0.313 e. The summed E-state index contributed by atoms with van der Waals surface area (Å²) in [6.45, 7) is 2.04. The Morgan fingerprint density at radius 2 is 1.90 bits per heavy atom. The molecule has 3 unspecified atom stereocenters. The molecule has 2 nitrogen and oxygen atoms in total. The first kappa shape index (κ1) is 14.0. The average Bonchev–Trinajstić information content (AvgIpc) is 2.66. The summed E-state index contributed by atoms with van der Waals surface area (Å²) >= 11 is 0. The van der Waals surface area contributed by atoms with Crippen LogP contribution >= 0.6 is 0 Å². The Morgan fingerprint density at radius 3 is 2.50 bits per heavy atom. The van der Waals surface area contributed by atoms with Crippen molar-refractivity contribution in [1.29, 1.82) is 0 Å². The molecule has 0 spiro atoms. The smallest absolute Gasteiger partial charge is 0.128 e. The van der Waals surface area contributed by atoms with Gasteiger partial charge in [-0.3, -0.25) is 0 Å². The van der Waals surface area contributed by atoms with E-state index in [9.17, 15) is 4.39 Å². The molecule has 2 aliphatic rings. The Morgan fingerprint density at radius 1 is 1.25 bits per heavy atom. The standard InChI is InChI=1S/C17H25FN2/c1-11-4-7-16(18)15(8-11)17(19-2)12-9-13-5-6-14(10-12)20(13)3/h4,7-8,12-14,17,19H,5-6,9-10H2,1-3H3. The fourth-order valence-corrected chi connectivity index (χ4v) is 4.27. The van der Waals surface area contributed by atoms with Gasteiger partial charge in [-0.05, 0) is 58.7 Å². The van der Waals surface area contributed by atoms with Gasteiger partial charge in [0, 0.05) is 23.7 Å². The molecule has 3 atom stereocenters. The van der Waals surface area contributed by atoms with E-state index >= 15 is 0 Å². The highest BCUT2D eigenvalue weighted by atomic mass is 19.1. The number of hydrogen-bond donors (Lipinski definition) is 1. The Kier molecular flexibility index (Phi) is 3.83. The van der Waals surface area contributed by atoms with E-state index in [4.69, 9.17) is 0 Å². The zero-order valence-electron chi connectivity index (χ0n) is 12.7. The van der Waals surface area contributed by atoms with Gasteiger partial charge in [-0.25, -0.2) is 4.39 Å². The van der Waals surface area contributed by atoms with Gasteiger partial charge in [0.05, 0.1) is 0 Å². The van der Waals surface area contributed by atoms with Gasteiger partial charge in [0.15, 0.2) is 0 Å². The minimum Gasteiger partial charge on any atom is -0.313 e. The van der Waals surface area contributed by atoms with Crippen molar-refractivity contribution in [1.82, 2.24) is 10.2 Å². The lowest BCUT2D eigenvalue weighted by atomic mass is 9.81. The Hall–Kier alpha value is -0.930. The zero-order valence-corrected chi connectivity index (χ0v) is 12.7. The molecule has 2 saturated heterocycles. The molecular weight excluding hydrogens is 251 g/mol. The third kappa shape index (κ3) is 2.38. The van der Waals surface area contributed by atoms with Crippen molar-refractivity contribution in [3.63, 3.8) is 0 Å². The number of hydrogen-bond acceptors (Lipinski definition) is 2. The number of halogens is 1. The van der Waals surface area contributed by atoms with Gasteiger partial charge < -0.3 is 10.2 Å². The molecule has 110 valence electrons. The van der Waals surface area contributed by atoms with E-state index in [1.54, 1.807) is 6.07 Å². The number of rotatable bonds is 3. The summed E-state index contributed by atoms with van der Waals surface area (Å²) in [5, 5.41) is 3.38. The monoisotopic (exact) mass is 276 g/mol. The summed E-state index contributed by atoms with van der Waals surface area (Å²) < 4.78 is 14.2. The maximum absolute atomic E-state index is 14.2. The summed E-state index contributed by atoms with van der Waals surface area (Å²) in [5.41, 5.74) is 1.99. The first-order valence-corrected chi connectivity index (χ1v) is 7.75. The highest BCUT2D eigenvalue weighted by molar-refractivity contribution is 5.27. The quantitative estimate of drug-likeness (QED) is 0.911. The molecule has 2 heterocycles. The summed E-state index contributed by atoms with van der Waals surface area (Å²) in [6.07, 6.45) is 4.99. The van der Waals surface area contributed by atoms with Gasteiger partial charge in [-0.2, -0.15) is 0 Å². The van der Waals surface area contributed by atoms with Crippen molar-refractivity contribution in [2.24, 2.45) is 5.92 Å². The van der Waals surface area contributed by atoms with Crippen molar-refractivity contribution < 1.29 is 4.39 Å². The molecule has 1 N–H and O–H groups in total. The van der Waals surface area contributed by atoms with E-state index in [1.165, 1.54) is 25.7 Å². The maximum Gasteiger partial charge on any atom is 0.128 e. The van der Waals surface area contributed by atoms with Crippen LogP contribution in [0.3, 0.4) is 0 Å². The minimum atomic E-state index is -0.0683. The van der Waals surface area contributed by atoms with Crippen molar-refractivity contribution in [2.75, 3.05) is 14.1 Å². The lowest BCUT2D eigenvalue weighted by Crippen LogP contribution is -2.43. The highest BCUT2D eigenvalue weighted by Gasteiger charge is 2.41. The van der Waals surface area contributed by atoms with E-state index in [0.717, 1.165) is 11.1 Å². The second-order valence-corrected chi connectivity index (χ2v) is 6.57. The van der Waals surface area contributed by atoms with Crippen molar-refractivity contribution in [3.8, 4) is 0 Å². The summed E-state index contributed by atoms with van der Waals surface area (Å²) in [7, 11) is 4.22. The summed E-state index contributed by atoms with van der Waals surface area (Å²) in [4.78, 5) is 2.54. The summed E-state index contributed by atoms with van der Waals surface area (Å²) in [6, 6.07) is 7.01. The van der Waals surface area contributed by atoms with Gasteiger partial charge in [-0.15, -0.1) is 0 Å². The number of piperidine rings is 1. The van der Waals surface area contributed by atoms with Gasteiger partial charge in [0.25, 0.3) is 0 Å². The molecule has 20 heavy (non-hydrogen) atoms. The van der Waals surface area contributed by atoms with Crippen molar-refractivity contribution in [2.45, 2.75) is 50.7 Å². The number of benzene rings is 1. The lowest BCUT2D eigenvalue weighted by molar-refractivity contribution is 0.113. The molecule has 0 aromatic heterocycles. The van der Waals surface area contributed by atoms with Crippen LogP contribution in [0.2, 0.25) is 0 Å². The molecular formula is C17H25FN2. The van der Waals surface area contributed by atoms with E-state index in [0.29, 0.717) is 18.0 Å². The van der Waals surface area contributed by atoms with Crippen molar-refractivity contribution in [3.05, 3.63) is 35.1 Å². The number of nitrogens with one attached hydrogen (secondary N) is 1. The number of aryl methyl sites for hydroxylation is 1. The van der Waals surface area contributed by atoms with Crippen LogP contribution in [0.4, 0.5) is 4.39 Å². The fourth-order valence-electron chi connectivity index (χ4n) is 4.27. The minimum absolute atomic E-state index is 0.0683. The third-order valence-electron chi connectivity index (χ3n) is 5.40. The van der Waals surface area contributed by atoms with Gasteiger partial charge >= 0.3 is 0 Å². The first-order chi connectivity index (χ1) is 9.60. The van der Waals surface area contributed by atoms with Crippen LogP contribution in [0.1, 0.15) is 42.9 Å². The van der Waals surface area contributed by atoms with E-state index in [2.05, 4.69) is 17.3 Å². The molecule has 0 radical (unpaired) electrons.